The van der Waals surface area contributed by atoms with Crippen molar-refractivity contribution in [3.05, 3.63) is 45.2 Å². The summed E-state index contributed by atoms with van der Waals surface area (Å²) in [5, 5.41) is 7.10. The molecule has 1 amide bonds. The molecule has 0 radical (unpaired) electrons. The van der Waals surface area contributed by atoms with E-state index in [1.807, 2.05) is 46.0 Å². The predicted octanol–water partition coefficient (Wildman–Crippen LogP) is 3.36. The van der Waals surface area contributed by atoms with Crippen molar-refractivity contribution in [2.45, 2.75) is 20.8 Å². The van der Waals surface area contributed by atoms with Crippen molar-refractivity contribution in [2.24, 2.45) is 7.05 Å². The fourth-order valence-electron chi connectivity index (χ4n) is 1.86. The number of aryl methyl sites for hydroxylation is 3. The molecule has 19 heavy (non-hydrogen) atoms. The summed E-state index contributed by atoms with van der Waals surface area (Å²) >= 11 is 3.40. The Kier molecular flexibility index (Phi) is 3.75. The number of rotatable bonds is 2. The van der Waals surface area contributed by atoms with Crippen molar-refractivity contribution in [2.75, 3.05) is 5.32 Å². The van der Waals surface area contributed by atoms with E-state index in [-0.39, 0.29) is 5.91 Å². The number of anilines is 1. The molecule has 1 aromatic heterocycles. The van der Waals surface area contributed by atoms with Gasteiger partial charge in [-0.2, -0.15) is 5.10 Å². The maximum Gasteiger partial charge on any atom is 0.277 e. The van der Waals surface area contributed by atoms with Crippen molar-refractivity contribution < 1.29 is 4.79 Å². The third-order valence-electron chi connectivity index (χ3n) is 3.11. The van der Waals surface area contributed by atoms with E-state index < -0.39 is 0 Å². The Morgan fingerprint density at radius 1 is 1.32 bits per heavy atom. The highest BCUT2D eigenvalue weighted by molar-refractivity contribution is 9.10. The smallest absolute Gasteiger partial charge is 0.277 e. The molecule has 1 N–H and O–H groups in total. The van der Waals surface area contributed by atoms with E-state index in [2.05, 4.69) is 26.3 Å². The van der Waals surface area contributed by atoms with Gasteiger partial charge in [-0.05, 0) is 48.3 Å². The van der Waals surface area contributed by atoms with Gasteiger partial charge < -0.3 is 5.32 Å². The summed E-state index contributed by atoms with van der Waals surface area (Å²) in [5.74, 6) is -0.206. The van der Waals surface area contributed by atoms with Gasteiger partial charge in [0, 0.05) is 12.7 Å². The Hall–Kier alpha value is -1.62. The summed E-state index contributed by atoms with van der Waals surface area (Å²) in [5.41, 5.74) is 4.35. The fourth-order valence-corrected chi connectivity index (χ4v) is 2.38. The van der Waals surface area contributed by atoms with Crippen LogP contribution >= 0.6 is 15.9 Å². The van der Waals surface area contributed by atoms with E-state index in [0.717, 1.165) is 21.4 Å². The van der Waals surface area contributed by atoms with Crippen molar-refractivity contribution in [1.29, 1.82) is 0 Å². The molecular weight excluding hydrogens is 306 g/mol. The fraction of sp³-hybridized carbons (Fsp3) is 0.286. The first-order chi connectivity index (χ1) is 8.90. The van der Waals surface area contributed by atoms with Crippen molar-refractivity contribution in [3.8, 4) is 0 Å². The van der Waals surface area contributed by atoms with Crippen LogP contribution in [0.4, 0.5) is 5.69 Å². The largest absolute Gasteiger partial charge is 0.320 e. The molecule has 0 aliphatic carbocycles. The van der Waals surface area contributed by atoms with Crippen LogP contribution in [0.5, 0.6) is 0 Å². The lowest BCUT2D eigenvalue weighted by Gasteiger charge is -2.08. The summed E-state index contributed by atoms with van der Waals surface area (Å²) < 4.78 is 2.42. The van der Waals surface area contributed by atoms with E-state index in [1.54, 1.807) is 4.68 Å². The first-order valence-corrected chi connectivity index (χ1v) is 6.77. The molecular formula is C14H16BrN3O. The summed E-state index contributed by atoms with van der Waals surface area (Å²) in [6, 6.07) is 5.92. The standard InChI is InChI=1S/C14H16BrN3O/c1-8-5-6-11(9(2)7-8)16-14(19)13-12(15)10(3)18(4)17-13/h5-7H,1-4H3,(H,16,19). The van der Waals surface area contributed by atoms with Gasteiger partial charge in [-0.3, -0.25) is 9.48 Å². The van der Waals surface area contributed by atoms with Gasteiger partial charge in [0.2, 0.25) is 0 Å². The van der Waals surface area contributed by atoms with Crippen LogP contribution in [0, 0.1) is 20.8 Å². The molecule has 2 rings (SSSR count). The minimum Gasteiger partial charge on any atom is -0.320 e. The molecule has 100 valence electrons. The lowest BCUT2D eigenvalue weighted by molar-refractivity contribution is 0.102. The summed E-state index contributed by atoms with van der Waals surface area (Å²) in [6.07, 6.45) is 0. The van der Waals surface area contributed by atoms with Gasteiger partial charge in [-0.1, -0.05) is 17.7 Å². The second kappa shape index (κ2) is 5.17. The van der Waals surface area contributed by atoms with E-state index in [1.165, 1.54) is 5.56 Å². The molecule has 0 atom stereocenters. The lowest BCUT2D eigenvalue weighted by Crippen LogP contribution is -2.14. The number of halogens is 1. The molecule has 0 aliphatic heterocycles. The third-order valence-corrected chi connectivity index (χ3v) is 4.06. The molecule has 0 saturated carbocycles. The molecule has 1 aromatic carbocycles. The number of carbonyl (C=O) groups excluding carboxylic acids is 1. The topological polar surface area (TPSA) is 46.9 Å². The monoisotopic (exact) mass is 321 g/mol. The zero-order valence-electron chi connectivity index (χ0n) is 11.4. The van der Waals surface area contributed by atoms with Crippen molar-refractivity contribution in [1.82, 2.24) is 9.78 Å². The highest BCUT2D eigenvalue weighted by Crippen LogP contribution is 2.22. The summed E-state index contributed by atoms with van der Waals surface area (Å²) in [4.78, 5) is 12.2. The van der Waals surface area contributed by atoms with Crippen LogP contribution in [0.25, 0.3) is 0 Å². The van der Waals surface area contributed by atoms with Gasteiger partial charge in [-0.25, -0.2) is 0 Å². The molecule has 2 aromatic rings. The van der Waals surface area contributed by atoms with Crippen molar-refractivity contribution >= 4 is 27.5 Å². The van der Waals surface area contributed by atoms with Crippen LogP contribution in [-0.2, 0) is 7.05 Å². The Balaban J connectivity index is 2.28. The SMILES string of the molecule is Cc1ccc(NC(=O)c2nn(C)c(C)c2Br)c(C)c1. The number of nitrogens with zero attached hydrogens (tertiary/aromatic N) is 2. The first-order valence-electron chi connectivity index (χ1n) is 5.98. The number of hydrogen-bond acceptors (Lipinski definition) is 2. The third kappa shape index (κ3) is 2.71. The zero-order chi connectivity index (χ0) is 14.2. The predicted molar refractivity (Wildman–Crippen MR) is 79.5 cm³/mol. The van der Waals surface area contributed by atoms with E-state index in [0.29, 0.717) is 5.69 Å². The van der Waals surface area contributed by atoms with E-state index in [4.69, 9.17) is 0 Å². The average Bonchev–Trinajstić information content (AvgIpc) is 2.60. The average molecular weight is 322 g/mol. The molecule has 4 nitrogen and oxygen atoms in total. The molecule has 5 heteroatoms. The van der Waals surface area contributed by atoms with Gasteiger partial charge in [0.05, 0.1) is 10.2 Å². The lowest BCUT2D eigenvalue weighted by atomic mass is 10.1. The number of nitrogens with one attached hydrogen (secondary N) is 1. The van der Waals surface area contributed by atoms with Crippen LogP contribution in [0.2, 0.25) is 0 Å². The Bertz CT molecular complexity index is 646. The van der Waals surface area contributed by atoms with Gasteiger partial charge >= 0.3 is 0 Å². The number of benzene rings is 1. The first kappa shape index (κ1) is 13.8. The summed E-state index contributed by atoms with van der Waals surface area (Å²) in [6.45, 7) is 5.91. The molecule has 0 saturated heterocycles. The van der Waals surface area contributed by atoms with Gasteiger partial charge in [-0.15, -0.1) is 0 Å². The molecule has 0 unspecified atom stereocenters. The second-order valence-electron chi connectivity index (χ2n) is 4.64. The zero-order valence-corrected chi connectivity index (χ0v) is 13.0. The number of aromatic nitrogens is 2. The van der Waals surface area contributed by atoms with Crippen LogP contribution in [0.15, 0.2) is 22.7 Å². The Morgan fingerprint density at radius 3 is 2.53 bits per heavy atom. The molecule has 0 fully saturated rings. The number of amides is 1. The van der Waals surface area contributed by atoms with Crippen LogP contribution < -0.4 is 5.32 Å². The highest BCUT2D eigenvalue weighted by Gasteiger charge is 2.18. The minimum atomic E-state index is -0.206. The summed E-state index contributed by atoms with van der Waals surface area (Å²) in [7, 11) is 1.81. The molecule has 1 heterocycles. The van der Waals surface area contributed by atoms with Crippen LogP contribution in [0.1, 0.15) is 27.3 Å². The van der Waals surface area contributed by atoms with E-state index in [9.17, 15) is 4.79 Å². The minimum absolute atomic E-state index is 0.206. The number of hydrogen-bond donors (Lipinski definition) is 1. The van der Waals surface area contributed by atoms with Crippen LogP contribution in [0.3, 0.4) is 0 Å². The number of carbonyl (C=O) groups is 1. The second-order valence-corrected chi connectivity index (χ2v) is 5.44. The van der Waals surface area contributed by atoms with Crippen molar-refractivity contribution in [3.63, 3.8) is 0 Å². The van der Waals surface area contributed by atoms with Crippen LogP contribution in [-0.4, -0.2) is 15.7 Å². The molecule has 0 aliphatic rings. The maximum atomic E-state index is 12.2. The Morgan fingerprint density at radius 2 is 2.00 bits per heavy atom. The van der Waals surface area contributed by atoms with E-state index >= 15 is 0 Å². The normalized spacial score (nSPS) is 10.6. The van der Waals surface area contributed by atoms with Gasteiger partial charge in [0.25, 0.3) is 5.91 Å². The van der Waals surface area contributed by atoms with Gasteiger partial charge in [0.1, 0.15) is 0 Å². The highest BCUT2D eigenvalue weighted by atomic mass is 79.9. The maximum absolute atomic E-state index is 12.2. The molecule has 0 bridgehead atoms. The quantitative estimate of drug-likeness (QED) is 0.921. The molecule has 0 spiro atoms. The van der Waals surface area contributed by atoms with Gasteiger partial charge in [0.15, 0.2) is 5.69 Å². The Labute approximate surface area is 120 Å².